The molecule has 1 aliphatic rings. The molecule has 0 radical (unpaired) electrons. The van der Waals surface area contributed by atoms with Gasteiger partial charge in [-0.15, -0.1) is 0 Å². The van der Waals surface area contributed by atoms with Gasteiger partial charge in [0.05, 0.1) is 13.2 Å². The summed E-state index contributed by atoms with van der Waals surface area (Å²) in [4.78, 5) is 38.2. The molecule has 1 heterocycles. The normalized spacial score (nSPS) is 13.8. The van der Waals surface area contributed by atoms with Gasteiger partial charge in [0.2, 0.25) is 5.91 Å². The first-order valence-corrected chi connectivity index (χ1v) is 7.92. The number of carbonyl (C=O) groups excluding carboxylic acids is 3. The van der Waals surface area contributed by atoms with E-state index in [1.807, 2.05) is 0 Å². The minimum atomic E-state index is -0.430. The van der Waals surface area contributed by atoms with Crippen LogP contribution in [-0.4, -0.2) is 46.3 Å². The number of carbonyl (C=O) groups is 3. The Bertz CT molecular complexity index is 656. The summed E-state index contributed by atoms with van der Waals surface area (Å²) >= 11 is 0. The van der Waals surface area contributed by atoms with Crippen LogP contribution < -0.4 is 0 Å². The van der Waals surface area contributed by atoms with Gasteiger partial charge in [0.1, 0.15) is 5.69 Å². The maximum Gasteiger partial charge on any atom is 0.355 e. The fourth-order valence-electron chi connectivity index (χ4n) is 2.99. The summed E-state index contributed by atoms with van der Waals surface area (Å²) in [6.45, 7) is 7.13. The largest absolute Gasteiger partial charge is 0.461 e. The predicted octanol–water partition coefficient (Wildman–Crippen LogP) is 2.01. The van der Waals surface area contributed by atoms with Gasteiger partial charge < -0.3 is 14.2 Å². The number of hydrogen-bond acceptors (Lipinski definition) is 4. The Balaban J connectivity index is 2.32. The van der Waals surface area contributed by atoms with E-state index in [1.165, 1.54) is 6.92 Å². The smallest absolute Gasteiger partial charge is 0.355 e. The molecule has 1 aliphatic carbocycles. The van der Waals surface area contributed by atoms with Crippen LogP contribution in [0, 0.1) is 13.8 Å². The highest BCUT2D eigenvalue weighted by Gasteiger charge is 2.34. The molecule has 23 heavy (non-hydrogen) atoms. The molecule has 0 aromatic carbocycles. The predicted molar refractivity (Wildman–Crippen MR) is 85.6 cm³/mol. The van der Waals surface area contributed by atoms with Crippen molar-refractivity contribution < 1.29 is 19.1 Å². The molecule has 1 amide bonds. The van der Waals surface area contributed by atoms with Gasteiger partial charge in [-0.1, -0.05) is 0 Å². The van der Waals surface area contributed by atoms with Gasteiger partial charge in [-0.3, -0.25) is 9.59 Å². The van der Waals surface area contributed by atoms with Crippen molar-refractivity contribution in [3.63, 3.8) is 0 Å². The van der Waals surface area contributed by atoms with Crippen molar-refractivity contribution in [1.82, 2.24) is 9.47 Å². The summed E-state index contributed by atoms with van der Waals surface area (Å²) in [5.41, 5.74) is 2.25. The van der Waals surface area contributed by atoms with Crippen LogP contribution >= 0.6 is 0 Å². The lowest BCUT2D eigenvalue weighted by Crippen LogP contribution is -2.36. The molecule has 1 fully saturated rings. The third kappa shape index (κ3) is 3.30. The monoisotopic (exact) mass is 320 g/mol. The van der Waals surface area contributed by atoms with Crippen LogP contribution in [0.3, 0.4) is 0 Å². The Labute approximate surface area is 136 Å². The number of esters is 1. The van der Waals surface area contributed by atoms with Crippen LogP contribution in [0.1, 0.15) is 58.8 Å². The van der Waals surface area contributed by atoms with Crippen LogP contribution in [0.15, 0.2) is 0 Å². The lowest BCUT2D eigenvalue weighted by atomic mass is 10.1. The zero-order valence-electron chi connectivity index (χ0n) is 14.4. The number of amides is 1. The van der Waals surface area contributed by atoms with E-state index < -0.39 is 5.97 Å². The Morgan fingerprint density at radius 1 is 1.26 bits per heavy atom. The maximum absolute atomic E-state index is 12.7. The van der Waals surface area contributed by atoms with Crippen molar-refractivity contribution >= 4 is 17.7 Å². The molecule has 0 aliphatic heterocycles. The molecular weight excluding hydrogens is 296 g/mol. The Kier molecular flexibility index (Phi) is 4.92. The van der Waals surface area contributed by atoms with Gasteiger partial charge in [-0.2, -0.15) is 0 Å². The maximum atomic E-state index is 12.7. The third-order valence-electron chi connectivity index (χ3n) is 4.38. The molecule has 0 bridgehead atoms. The molecule has 1 saturated carbocycles. The van der Waals surface area contributed by atoms with E-state index >= 15 is 0 Å². The van der Waals surface area contributed by atoms with E-state index in [9.17, 15) is 14.4 Å². The number of ketones is 1. The van der Waals surface area contributed by atoms with E-state index in [0.717, 1.165) is 18.5 Å². The van der Waals surface area contributed by atoms with Gasteiger partial charge in [-0.05, 0) is 39.2 Å². The van der Waals surface area contributed by atoms with Crippen molar-refractivity contribution in [3.05, 3.63) is 22.5 Å². The van der Waals surface area contributed by atoms with Crippen molar-refractivity contribution in [2.75, 3.05) is 13.2 Å². The number of ether oxygens (including phenoxy) is 1. The number of hydrogen-bond donors (Lipinski definition) is 0. The second-order valence-corrected chi connectivity index (χ2v) is 6.01. The minimum Gasteiger partial charge on any atom is -0.461 e. The van der Waals surface area contributed by atoms with Crippen molar-refractivity contribution in [2.24, 2.45) is 7.05 Å². The lowest BCUT2D eigenvalue weighted by molar-refractivity contribution is -0.128. The molecule has 0 atom stereocenters. The quantitative estimate of drug-likeness (QED) is 0.594. The highest BCUT2D eigenvalue weighted by atomic mass is 16.5. The Hall–Kier alpha value is -2.11. The van der Waals surface area contributed by atoms with Crippen molar-refractivity contribution in [3.8, 4) is 0 Å². The van der Waals surface area contributed by atoms with Crippen LogP contribution in [0.2, 0.25) is 0 Å². The fourth-order valence-corrected chi connectivity index (χ4v) is 2.99. The van der Waals surface area contributed by atoms with Crippen LogP contribution in [0.4, 0.5) is 0 Å². The summed E-state index contributed by atoms with van der Waals surface area (Å²) in [6, 6.07) is 0.185. The summed E-state index contributed by atoms with van der Waals surface area (Å²) in [6.07, 6.45) is 1.90. The standard InChI is InChI=1S/C17H24N2O4/c1-6-23-17(22)16-10(2)15(11(3)18(16)5)14(21)9-19(12(4)20)13-7-8-13/h13H,6-9H2,1-5H3. The first-order valence-electron chi connectivity index (χ1n) is 7.92. The SMILES string of the molecule is CCOC(=O)c1c(C)c(C(=O)CN(C(C)=O)C2CC2)c(C)n1C. The van der Waals surface area contributed by atoms with E-state index in [0.29, 0.717) is 16.8 Å². The first-order chi connectivity index (χ1) is 10.8. The third-order valence-corrected chi connectivity index (χ3v) is 4.38. The zero-order chi connectivity index (χ0) is 17.3. The van der Waals surface area contributed by atoms with E-state index in [1.54, 1.807) is 37.3 Å². The van der Waals surface area contributed by atoms with Crippen molar-refractivity contribution in [1.29, 1.82) is 0 Å². The molecule has 1 aromatic rings. The van der Waals surface area contributed by atoms with Gasteiger partial charge in [0.25, 0.3) is 0 Å². The van der Waals surface area contributed by atoms with Crippen LogP contribution in [0.5, 0.6) is 0 Å². The van der Waals surface area contributed by atoms with Crippen LogP contribution in [0.25, 0.3) is 0 Å². The molecule has 2 rings (SSSR count). The molecule has 6 nitrogen and oxygen atoms in total. The summed E-state index contributed by atoms with van der Waals surface area (Å²) in [5.74, 6) is -0.647. The highest BCUT2D eigenvalue weighted by Crippen LogP contribution is 2.28. The average Bonchev–Trinajstić information content (AvgIpc) is 3.26. The molecule has 126 valence electrons. The van der Waals surface area contributed by atoms with Crippen molar-refractivity contribution in [2.45, 2.75) is 46.6 Å². The minimum absolute atomic E-state index is 0.0635. The molecule has 0 N–H and O–H groups in total. The number of rotatable bonds is 6. The second kappa shape index (κ2) is 6.56. The molecule has 0 unspecified atom stereocenters. The number of Topliss-reactive ketones (excluding diaryl/α,β-unsaturated/α-hetero) is 1. The first kappa shape index (κ1) is 17.2. The topological polar surface area (TPSA) is 68.6 Å². The summed E-state index contributed by atoms with van der Waals surface area (Å²) in [7, 11) is 1.75. The van der Waals surface area contributed by atoms with Gasteiger partial charge in [0.15, 0.2) is 5.78 Å². The lowest BCUT2D eigenvalue weighted by Gasteiger charge is -2.19. The van der Waals surface area contributed by atoms with E-state index in [2.05, 4.69) is 0 Å². The molecule has 0 spiro atoms. The van der Waals surface area contributed by atoms with Crippen LogP contribution in [-0.2, 0) is 16.6 Å². The number of aromatic nitrogens is 1. The highest BCUT2D eigenvalue weighted by molar-refractivity contribution is 6.04. The molecule has 0 saturated heterocycles. The van der Waals surface area contributed by atoms with Gasteiger partial charge in [0, 0.05) is 31.3 Å². The molecular formula is C17H24N2O4. The van der Waals surface area contributed by atoms with Gasteiger partial charge in [-0.25, -0.2) is 4.79 Å². The second-order valence-electron chi connectivity index (χ2n) is 6.01. The molecule has 6 heteroatoms. The summed E-state index contributed by atoms with van der Waals surface area (Å²) < 4.78 is 6.76. The fraction of sp³-hybridized carbons (Fsp3) is 0.588. The average molecular weight is 320 g/mol. The van der Waals surface area contributed by atoms with E-state index in [4.69, 9.17) is 4.74 Å². The summed E-state index contributed by atoms with van der Waals surface area (Å²) in [5, 5.41) is 0. The Morgan fingerprint density at radius 3 is 2.35 bits per heavy atom. The van der Waals surface area contributed by atoms with Gasteiger partial charge >= 0.3 is 5.97 Å². The zero-order valence-corrected chi connectivity index (χ0v) is 14.4. The Morgan fingerprint density at radius 2 is 1.87 bits per heavy atom. The molecule has 1 aromatic heterocycles. The number of nitrogens with zero attached hydrogens (tertiary/aromatic N) is 2. The van der Waals surface area contributed by atoms with E-state index in [-0.39, 0.29) is 30.9 Å².